The van der Waals surface area contributed by atoms with Crippen LogP contribution in [0, 0.1) is 5.92 Å². The van der Waals surface area contributed by atoms with Crippen molar-refractivity contribution in [1.82, 2.24) is 9.88 Å². The number of nitrogens with zero attached hydrogens (tertiary/aromatic N) is 2. The Balaban J connectivity index is 1.39. The van der Waals surface area contributed by atoms with Crippen LogP contribution in [-0.2, 0) is 17.6 Å². The number of nitrogens with one attached hydrogen (secondary N) is 1. The number of furan rings is 1. The highest BCUT2D eigenvalue weighted by molar-refractivity contribution is 7.15. The molecule has 0 saturated carbocycles. The van der Waals surface area contributed by atoms with E-state index in [1.807, 2.05) is 0 Å². The summed E-state index contributed by atoms with van der Waals surface area (Å²) in [5, 5.41) is 3.70. The van der Waals surface area contributed by atoms with Gasteiger partial charge in [-0.25, -0.2) is 4.98 Å². The summed E-state index contributed by atoms with van der Waals surface area (Å²) >= 11 is 1.61. The highest BCUT2D eigenvalue weighted by Crippen LogP contribution is 2.29. The molecule has 1 N–H and O–H groups in total. The molecule has 0 radical (unpaired) electrons. The fourth-order valence-electron chi connectivity index (χ4n) is 3.72. The Kier molecular flexibility index (Phi) is 5.06. The Hall–Kier alpha value is -2.15. The number of rotatable bonds is 3. The lowest BCUT2D eigenvalue weighted by Crippen LogP contribution is -2.43. The summed E-state index contributed by atoms with van der Waals surface area (Å²) in [6.45, 7) is 1.09. The number of carbonyl (C=O) groups excluding carboxylic acids is 2. The van der Waals surface area contributed by atoms with Crippen molar-refractivity contribution in [2.45, 2.75) is 44.9 Å². The van der Waals surface area contributed by atoms with Crippen LogP contribution in [0.15, 0.2) is 22.8 Å². The lowest BCUT2D eigenvalue weighted by atomic mass is 9.97. The number of piperidine rings is 1. The molecule has 1 unspecified atom stereocenters. The van der Waals surface area contributed by atoms with Gasteiger partial charge >= 0.3 is 0 Å². The number of hydrogen-bond acceptors (Lipinski definition) is 5. The first kappa shape index (κ1) is 17.3. The minimum absolute atomic E-state index is 0.0362. The molecule has 0 aromatic carbocycles. The van der Waals surface area contributed by atoms with Crippen LogP contribution in [0.1, 0.15) is 53.2 Å². The van der Waals surface area contributed by atoms with E-state index in [2.05, 4.69) is 10.3 Å². The van der Waals surface area contributed by atoms with Gasteiger partial charge in [0.2, 0.25) is 5.91 Å². The molecule has 1 atom stereocenters. The molecule has 26 heavy (non-hydrogen) atoms. The van der Waals surface area contributed by atoms with E-state index in [0.29, 0.717) is 24.0 Å². The number of likely N-dealkylation sites (tertiary alicyclic amines) is 1. The zero-order valence-electron chi connectivity index (χ0n) is 14.7. The molecule has 1 saturated heterocycles. The van der Waals surface area contributed by atoms with Crippen molar-refractivity contribution in [3.05, 3.63) is 34.7 Å². The van der Waals surface area contributed by atoms with Crippen molar-refractivity contribution in [1.29, 1.82) is 0 Å². The van der Waals surface area contributed by atoms with E-state index in [0.717, 1.165) is 31.4 Å². The number of carbonyl (C=O) groups is 2. The van der Waals surface area contributed by atoms with Crippen LogP contribution in [0.5, 0.6) is 0 Å². The maximum atomic E-state index is 12.7. The molecule has 2 aromatic heterocycles. The van der Waals surface area contributed by atoms with Crippen molar-refractivity contribution < 1.29 is 14.0 Å². The second kappa shape index (κ2) is 7.61. The van der Waals surface area contributed by atoms with E-state index in [1.54, 1.807) is 28.4 Å². The molecule has 2 amide bonds. The molecular weight excluding hydrogens is 350 g/mol. The van der Waals surface area contributed by atoms with Crippen molar-refractivity contribution in [3.8, 4) is 0 Å². The lowest BCUT2D eigenvalue weighted by molar-refractivity contribution is -0.121. The third kappa shape index (κ3) is 3.67. The molecule has 2 aliphatic rings. The number of hydrogen-bond donors (Lipinski definition) is 1. The molecule has 1 fully saturated rings. The Morgan fingerprint density at radius 1 is 1.23 bits per heavy atom. The molecule has 2 aromatic rings. The van der Waals surface area contributed by atoms with Crippen molar-refractivity contribution in [2.75, 3.05) is 18.4 Å². The molecule has 7 heteroatoms. The molecule has 0 spiro atoms. The summed E-state index contributed by atoms with van der Waals surface area (Å²) < 4.78 is 5.20. The van der Waals surface area contributed by atoms with Crippen molar-refractivity contribution >= 4 is 28.3 Å². The van der Waals surface area contributed by atoms with E-state index >= 15 is 0 Å². The summed E-state index contributed by atoms with van der Waals surface area (Å²) in [6, 6.07) is 3.36. The first-order valence-electron chi connectivity index (χ1n) is 9.33. The molecule has 4 rings (SSSR count). The molecule has 1 aliphatic carbocycles. The van der Waals surface area contributed by atoms with E-state index in [4.69, 9.17) is 4.42 Å². The van der Waals surface area contributed by atoms with Crippen LogP contribution < -0.4 is 5.32 Å². The molecule has 1 aliphatic heterocycles. The molecule has 3 heterocycles. The number of fused-ring (bicyclic) bond motifs is 1. The summed E-state index contributed by atoms with van der Waals surface area (Å²) in [4.78, 5) is 32.8. The SMILES string of the molecule is O=C(Nc1nc2c(s1)CCCCC2)C1CCCN(C(=O)c2ccco2)C1. The predicted octanol–water partition coefficient (Wildman–Crippen LogP) is 3.50. The van der Waals surface area contributed by atoms with E-state index in [-0.39, 0.29) is 17.7 Å². The molecule has 6 nitrogen and oxygen atoms in total. The van der Waals surface area contributed by atoms with Crippen LogP contribution in [0.4, 0.5) is 5.13 Å². The number of aryl methyl sites for hydroxylation is 2. The monoisotopic (exact) mass is 373 g/mol. The van der Waals surface area contributed by atoms with Crippen molar-refractivity contribution in [3.63, 3.8) is 0 Å². The second-order valence-electron chi connectivity index (χ2n) is 7.01. The first-order valence-corrected chi connectivity index (χ1v) is 10.1. The van der Waals surface area contributed by atoms with Crippen LogP contribution in [0.2, 0.25) is 0 Å². The average molecular weight is 373 g/mol. The van der Waals surface area contributed by atoms with Crippen LogP contribution in [-0.4, -0.2) is 34.8 Å². The Labute approximate surface area is 156 Å². The van der Waals surface area contributed by atoms with Gasteiger partial charge in [0, 0.05) is 18.0 Å². The van der Waals surface area contributed by atoms with Crippen LogP contribution >= 0.6 is 11.3 Å². The second-order valence-corrected chi connectivity index (χ2v) is 8.09. The summed E-state index contributed by atoms with van der Waals surface area (Å²) in [5.41, 5.74) is 1.15. The van der Waals surface area contributed by atoms with Gasteiger partial charge in [0.05, 0.1) is 17.9 Å². The number of thiazole rings is 1. The normalized spacial score (nSPS) is 20.3. The predicted molar refractivity (Wildman–Crippen MR) is 99.3 cm³/mol. The van der Waals surface area contributed by atoms with Gasteiger partial charge in [-0.15, -0.1) is 11.3 Å². The van der Waals surface area contributed by atoms with Gasteiger partial charge in [-0.2, -0.15) is 0 Å². The van der Waals surface area contributed by atoms with E-state index in [1.165, 1.54) is 30.4 Å². The average Bonchev–Trinajstić information content (AvgIpc) is 3.27. The van der Waals surface area contributed by atoms with Gasteiger partial charge < -0.3 is 14.6 Å². The van der Waals surface area contributed by atoms with Gasteiger partial charge in [0.25, 0.3) is 5.91 Å². The largest absolute Gasteiger partial charge is 0.459 e. The van der Waals surface area contributed by atoms with Gasteiger partial charge in [0.1, 0.15) is 0 Å². The zero-order valence-corrected chi connectivity index (χ0v) is 15.5. The molecule has 0 bridgehead atoms. The Bertz CT molecular complexity index is 761. The highest BCUT2D eigenvalue weighted by atomic mass is 32.1. The van der Waals surface area contributed by atoms with Crippen LogP contribution in [0.3, 0.4) is 0 Å². The Morgan fingerprint density at radius 3 is 2.96 bits per heavy atom. The van der Waals surface area contributed by atoms with E-state index < -0.39 is 0 Å². The van der Waals surface area contributed by atoms with E-state index in [9.17, 15) is 9.59 Å². The van der Waals surface area contributed by atoms with Crippen LogP contribution in [0.25, 0.3) is 0 Å². The van der Waals surface area contributed by atoms with Gasteiger partial charge in [-0.1, -0.05) is 6.42 Å². The minimum atomic E-state index is -0.202. The Morgan fingerprint density at radius 2 is 2.12 bits per heavy atom. The van der Waals surface area contributed by atoms with Crippen molar-refractivity contribution in [2.24, 2.45) is 5.92 Å². The van der Waals surface area contributed by atoms with Gasteiger partial charge in [-0.05, 0) is 50.7 Å². The smallest absolute Gasteiger partial charge is 0.289 e. The maximum absolute atomic E-state index is 12.7. The number of amides is 2. The third-order valence-electron chi connectivity index (χ3n) is 5.14. The minimum Gasteiger partial charge on any atom is -0.459 e. The fourth-order valence-corrected chi connectivity index (χ4v) is 4.77. The van der Waals surface area contributed by atoms with Gasteiger partial charge in [0.15, 0.2) is 10.9 Å². The highest BCUT2D eigenvalue weighted by Gasteiger charge is 2.30. The summed E-state index contributed by atoms with van der Waals surface area (Å²) in [5.74, 6) is -0.0552. The summed E-state index contributed by atoms with van der Waals surface area (Å²) in [7, 11) is 0. The third-order valence-corrected chi connectivity index (χ3v) is 6.21. The topological polar surface area (TPSA) is 75.4 Å². The number of aromatic nitrogens is 1. The standard InChI is InChI=1S/C19H23N3O3S/c23-17(21-19-20-14-7-2-1-3-9-16(14)26-19)13-6-4-10-22(12-13)18(24)15-8-5-11-25-15/h5,8,11,13H,1-4,6-7,9-10,12H2,(H,20,21,23). The van der Waals surface area contributed by atoms with Gasteiger partial charge in [-0.3, -0.25) is 9.59 Å². The first-order chi connectivity index (χ1) is 12.7. The molecule has 138 valence electrons. The summed E-state index contributed by atoms with van der Waals surface area (Å²) in [6.07, 6.45) is 8.82. The fraction of sp³-hybridized carbons (Fsp3) is 0.526. The lowest BCUT2D eigenvalue weighted by Gasteiger charge is -2.31. The quantitative estimate of drug-likeness (QED) is 0.836. The molecular formula is C19H23N3O3S. The maximum Gasteiger partial charge on any atom is 0.289 e. The number of anilines is 1. The zero-order chi connectivity index (χ0) is 17.9.